The lowest BCUT2D eigenvalue weighted by atomic mass is 9.77. The predicted octanol–water partition coefficient (Wildman–Crippen LogP) is 8.46. The minimum Gasteiger partial charge on any atom is -0.205 e. The lowest BCUT2D eigenvalue weighted by molar-refractivity contribution is 0.451. The molecule has 186 valence electrons. The molecule has 6 aromatic rings. The van der Waals surface area contributed by atoms with E-state index in [4.69, 9.17) is 11.6 Å². The molecule has 0 spiro atoms. The highest BCUT2D eigenvalue weighted by Gasteiger charge is 2.42. The molecule has 0 amide bonds. The number of tetrazole rings is 1. The van der Waals surface area contributed by atoms with E-state index < -0.39 is 5.54 Å². The standard InChI is InChI=1S/C31H22BrClN4S/c32-21-22-16-18-23(19-17-22)27-20-28(33)38-29(27)30-34-35-36-37(30)31(24-10-4-1-5-11-24,25-12-6-2-7-13-25)26-14-8-3-9-15-26/h1-20H,21H2. The van der Waals surface area contributed by atoms with Crippen molar-refractivity contribution in [2.45, 2.75) is 10.9 Å². The van der Waals surface area contributed by atoms with E-state index in [2.05, 4.69) is 129 Å². The number of hydrogen-bond donors (Lipinski definition) is 0. The van der Waals surface area contributed by atoms with E-state index in [0.717, 1.165) is 38.0 Å². The van der Waals surface area contributed by atoms with Gasteiger partial charge in [0.25, 0.3) is 0 Å². The van der Waals surface area contributed by atoms with Crippen LogP contribution in [0.2, 0.25) is 4.34 Å². The molecule has 6 rings (SSSR count). The third-order valence-corrected chi connectivity index (χ3v) is 8.59. The van der Waals surface area contributed by atoms with Crippen LogP contribution in [0.5, 0.6) is 0 Å². The Bertz CT molecular complexity index is 1550. The van der Waals surface area contributed by atoms with Crippen molar-refractivity contribution in [3.63, 3.8) is 0 Å². The molecule has 0 bridgehead atoms. The molecule has 4 aromatic carbocycles. The van der Waals surface area contributed by atoms with Crippen LogP contribution in [-0.2, 0) is 10.9 Å². The second-order valence-electron chi connectivity index (χ2n) is 8.85. The monoisotopic (exact) mass is 596 g/mol. The summed E-state index contributed by atoms with van der Waals surface area (Å²) in [7, 11) is 0. The normalized spacial score (nSPS) is 11.5. The smallest absolute Gasteiger partial charge is 0.194 e. The van der Waals surface area contributed by atoms with Gasteiger partial charge < -0.3 is 0 Å². The number of rotatable bonds is 7. The van der Waals surface area contributed by atoms with Crippen molar-refractivity contribution < 1.29 is 0 Å². The second kappa shape index (κ2) is 10.7. The number of hydrogen-bond acceptors (Lipinski definition) is 4. The van der Waals surface area contributed by atoms with Gasteiger partial charge in [-0.15, -0.1) is 16.4 Å². The SMILES string of the molecule is Clc1cc(-c2ccc(CBr)cc2)c(-c2nnnn2C(c2ccccc2)(c2ccccc2)c2ccccc2)s1. The zero-order valence-corrected chi connectivity index (χ0v) is 23.4. The van der Waals surface area contributed by atoms with Crippen molar-refractivity contribution in [2.24, 2.45) is 0 Å². The number of halogens is 2. The van der Waals surface area contributed by atoms with Gasteiger partial charge in [-0.05, 0) is 44.3 Å². The van der Waals surface area contributed by atoms with Crippen LogP contribution in [0.15, 0.2) is 121 Å². The Morgan fingerprint density at radius 2 is 1.26 bits per heavy atom. The fourth-order valence-electron chi connectivity index (χ4n) is 4.97. The summed E-state index contributed by atoms with van der Waals surface area (Å²) >= 11 is 11.7. The summed E-state index contributed by atoms with van der Waals surface area (Å²) < 4.78 is 2.63. The maximum absolute atomic E-state index is 6.64. The minimum atomic E-state index is -0.823. The van der Waals surface area contributed by atoms with Crippen LogP contribution in [0.4, 0.5) is 0 Å². The minimum absolute atomic E-state index is 0.651. The molecule has 0 aliphatic carbocycles. The quantitative estimate of drug-likeness (QED) is 0.137. The molecule has 4 nitrogen and oxygen atoms in total. The van der Waals surface area contributed by atoms with E-state index in [1.165, 1.54) is 16.9 Å². The molecule has 0 aliphatic heterocycles. The Morgan fingerprint density at radius 3 is 1.76 bits per heavy atom. The number of benzene rings is 4. The van der Waals surface area contributed by atoms with Crippen LogP contribution in [0, 0.1) is 0 Å². The predicted molar refractivity (Wildman–Crippen MR) is 159 cm³/mol. The maximum atomic E-state index is 6.64. The molecule has 0 N–H and O–H groups in total. The molecule has 7 heteroatoms. The Labute approximate surface area is 238 Å². The lowest BCUT2D eigenvalue weighted by Crippen LogP contribution is -2.39. The number of nitrogens with zero attached hydrogens (tertiary/aromatic N) is 4. The first-order valence-electron chi connectivity index (χ1n) is 12.1. The first kappa shape index (κ1) is 24.7. The first-order valence-corrected chi connectivity index (χ1v) is 14.4. The Hall–Kier alpha value is -3.58. The molecule has 0 saturated carbocycles. The molecule has 0 fully saturated rings. The highest BCUT2D eigenvalue weighted by atomic mass is 79.9. The molecule has 38 heavy (non-hydrogen) atoms. The van der Waals surface area contributed by atoms with Crippen LogP contribution in [0.1, 0.15) is 22.3 Å². The van der Waals surface area contributed by atoms with Crippen LogP contribution >= 0.6 is 38.9 Å². The van der Waals surface area contributed by atoms with Gasteiger partial charge in [0.15, 0.2) is 5.82 Å². The van der Waals surface area contributed by atoms with Crippen LogP contribution < -0.4 is 0 Å². The molecule has 0 unspecified atom stereocenters. The van der Waals surface area contributed by atoms with E-state index in [0.29, 0.717) is 10.2 Å². The van der Waals surface area contributed by atoms with Crippen molar-refractivity contribution in [3.8, 4) is 21.8 Å². The average Bonchev–Trinajstić information content (AvgIpc) is 3.62. The number of alkyl halides is 1. The number of aromatic nitrogens is 4. The molecule has 2 heterocycles. The third kappa shape index (κ3) is 4.29. The van der Waals surface area contributed by atoms with Crippen molar-refractivity contribution >= 4 is 38.9 Å². The van der Waals surface area contributed by atoms with Crippen molar-refractivity contribution in [1.29, 1.82) is 0 Å². The van der Waals surface area contributed by atoms with Gasteiger partial charge in [0.2, 0.25) is 0 Å². The van der Waals surface area contributed by atoms with Crippen LogP contribution in [0.25, 0.3) is 21.8 Å². The topological polar surface area (TPSA) is 43.6 Å². The van der Waals surface area contributed by atoms with E-state index >= 15 is 0 Å². The number of thiophene rings is 1. The fraction of sp³-hybridized carbons (Fsp3) is 0.0645. The summed E-state index contributed by atoms with van der Waals surface area (Å²) in [5.74, 6) is 0.651. The van der Waals surface area contributed by atoms with Gasteiger partial charge in [0.05, 0.1) is 9.21 Å². The third-order valence-electron chi connectivity index (χ3n) is 6.69. The second-order valence-corrected chi connectivity index (χ2v) is 11.1. The van der Waals surface area contributed by atoms with Crippen LogP contribution in [-0.4, -0.2) is 20.2 Å². The zero-order valence-electron chi connectivity index (χ0n) is 20.2. The molecule has 0 radical (unpaired) electrons. The molecule has 2 aromatic heterocycles. The Balaban J connectivity index is 1.66. The van der Waals surface area contributed by atoms with Gasteiger partial charge in [-0.3, -0.25) is 0 Å². The van der Waals surface area contributed by atoms with E-state index in [1.54, 1.807) is 0 Å². The van der Waals surface area contributed by atoms with Gasteiger partial charge >= 0.3 is 0 Å². The van der Waals surface area contributed by atoms with E-state index in [1.807, 2.05) is 28.9 Å². The van der Waals surface area contributed by atoms with Crippen molar-refractivity contribution in [2.75, 3.05) is 0 Å². The highest BCUT2D eigenvalue weighted by Crippen LogP contribution is 2.46. The summed E-state index contributed by atoms with van der Waals surface area (Å²) in [5.41, 5.74) is 5.60. The largest absolute Gasteiger partial charge is 0.205 e. The maximum Gasteiger partial charge on any atom is 0.194 e. The summed E-state index contributed by atoms with van der Waals surface area (Å²) in [4.78, 5) is 0.916. The highest BCUT2D eigenvalue weighted by molar-refractivity contribution is 9.08. The van der Waals surface area contributed by atoms with Gasteiger partial charge in [-0.1, -0.05) is 143 Å². The van der Waals surface area contributed by atoms with E-state index in [-0.39, 0.29) is 0 Å². The van der Waals surface area contributed by atoms with Crippen molar-refractivity contribution in [1.82, 2.24) is 20.2 Å². The van der Waals surface area contributed by atoms with Crippen LogP contribution in [0.3, 0.4) is 0 Å². The lowest BCUT2D eigenvalue weighted by Gasteiger charge is -2.36. The average molecular weight is 598 g/mol. The zero-order chi connectivity index (χ0) is 26.0. The molecular formula is C31H22BrClN4S. The summed E-state index contributed by atoms with van der Waals surface area (Å²) in [6.45, 7) is 0. The fourth-order valence-corrected chi connectivity index (χ4v) is 6.57. The molecule has 0 atom stereocenters. The van der Waals surface area contributed by atoms with Gasteiger partial charge in [0.1, 0.15) is 5.54 Å². The molecular weight excluding hydrogens is 576 g/mol. The van der Waals surface area contributed by atoms with Crippen molar-refractivity contribution in [3.05, 3.63) is 148 Å². The molecule has 0 saturated heterocycles. The summed E-state index contributed by atoms with van der Waals surface area (Å²) in [5, 5.41) is 14.3. The Morgan fingerprint density at radius 1 is 0.737 bits per heavy atom. The summed E-state index contributed by atoms with van der Waals surface area (Å²) in [6.07, 6.45) is 0. The van der Waals surface area contributed by atoms with Gasteiger partial charge in [-0.25, -0.2) is 4.68 Å². The summed E-state index contributed by atoms with van der Waals surface area (Å²) in [6, 6.07) is 41.7. The first-order chi connectivity index (χ1) is 18.7. The molecule has 0 aliphatic rings. The van der Waals surface area contributed by atoms with E-state index in [9.17, 15) is 0 Å². The Kier molecular flexibility index (Phi) is 6.94. The van der Waals surface area contributed by atoms with Gasteiger partial charge in [-0.2, -0.15) is 0 Å². The van der Waals surface area contributed by atoms with Gasteiger partial charge in [0, 0.05) is 10.9 Å².